The van der Waals surface area contributed by atoms with E-state index in [1.165, 1.54) is 12.1 Å². The van der Waals surface area contributed by atoms with E-state index < -0.39 is 0 Å². The summed E-state index contributed by atoms with van der Waals surface area (Å²) < 4.78 is 14.8. The van der Waals surface area contributed by atoms with Gasteiger partial charge in [-0.25, -0.2) is 19.4 Å². The fourth-order valence-corrected chi connectivity index (χ4v) is 2.58. The summed E-state index contributed by atoms with van der Waals surface area (Å²) in [5.74, 6) is 1.35. The Labute approximate surface area is 181 Å². The molecule has 3 aromatic rings. The second-order valence-corrected chi connectivity index (χ2v) is 5.99. The Morgan fingerprint density at radius 1 is 1.11 bits per heavy atom. The van der Waals surface area contributed by atoms with Gasteiger partial charge in [0.2, 0.25) is 0 Å². The Bertz CT molecular complexity index is 865. The summed E-state index contributed by atoms with van der Waals surface area (Å²) in [7, 11) is 0. The summed E-state index contributed by atoms with van der Waals surface area (Å²) in [6.07, 6.45) is 7.87. The molecule has 2 heterocycles. The molecule has 0 fully saturated rings. The molecule has 0 unspecified atom stereocenters. The molecule has 1 aromatic carbocycles. The average molecular weight is 494 g/mol. The van der Waals surface area contributed by atoms with Gasteiger partial charge in [-0.2, -0.15) is 0 Å². The third kappa shape index (κ3) is 6.59. The van der Waals surface area contributed by atoms with Crippen molar-refractivity contribution in [1.29, 1.82) is 0 Å². The van der Waals surface area contributed by atoms with Crippen LogP contribution in [0.3, 0.4) is 0 Å². The van der Waals surface area contributed by atoms with Gasteiger partial charge in [0, 0.05) is 31.7 Å². The zero-order chi connectivity index (χ0) is 18.9. The number of benzene rings is 1. The number of halogens is 2. The minimum absolute atomic E-state index is 0. The van der Waals surface area contributed by atoms with Crippen LogP contribution < -0.4 is 10.6 Å². The van der Waals surface area contributed by atoms with Crippen LogP contribution in [0.4, 0.5) is 4.39 Å². The molecule has 6 nitrogen and oxygen atoms in total. The second kappa shape index (κ2) is 11.4. The van der Waals surface area contributed by atoms with Crippen LogP contribution in [0.15, 0.2) is 66.3 Å². The van der Waals surface area contributed by atoms with E-state index in [4.69, 9.17) is 0 Å². The van der Waals surface area contributed by atoms with Crippen LogP contribution in [0.2, 0.25) is 0 Å². The Morgan fingerprint density at radius 2 is 1.93 bits per heavy atom. The lowest BCUT2D eigenvalue weighted by molar-refractivity contribution is 0.626. The SMILES string of the molecule is CCNC(=NCc1ccnc(-n2ccnc2)c1)NCCc1ccc(F)cc1.I. The van der Waals surface area contributed by atoms with Crippen LogP contribution in [0, 0.1) is 5.82 Å². The van der Waals surface area contributed by atoms with Crippen molar-refractivity contribution in [3.63, 3.8) is 0 Å². The monoisotopic (exact) mass is 494 g/mol. The van der Waals surface area contributed by atoms with E-state index in [2.05, 4.69) is 25.6 Å². The van der Waals surface area contributed by atoms with Crippen molar-refractivity contribution < 1.29 is 4.39 Å². The largest absolute Gasteiger partial charge is 0.357 e. The molecule has 0 spiro atoms. The zero-order valence-corrected chi connectivity index (χ0v) is 18.0. The van der Waals surface area contributed by atoms with Gasteiger partial charge in [0.15, 0.2) is 5.96 Å². The summed E-state index contributed by atoms with van der Waals surface area (Å²) in [6.45, 7) is 4.06. The molecule has 0 aliphatic carbocycles. The standard InChI is InChI=1S/C20H23FN6.HI/c1-2-23-20(25-10-7-16-3-5-18(21)6-4-16)26-14-17-8-9-24-19(13-17)27-12-11-22-15-27;/h3-6,8-9,11-13,15H,2,7,10,14H2,1H3,(H2,23,25,26);1H. The van der Waals surface area contributed by atoms with Crippen molar-refractivity contribution in [2.24, 2.45) is 4.99 Å². The molecule has 0 radical (unpaired) electrons. The normalized spacial score (nSPS) is 11.0. The Balaban J connectivity index is 0.00000280. The number of rotatable bonds is 7. The van der Waals surface area contributed by atoms with Gasteiger partial charge in [0.05, 0.1) is 6.54 Å². The molecule has 2 N–H and O–H groups in total. The highest BCUT2D eigenvalue weighted by Gasteiger charge is 2.01. The van der Waals surface area contributed by atoms with Gasteiger partial charge in [0.25, 0.3) is 0 Å². The predicted octanol–water partition coefficient (Wildman–Crippen LogP) is 3.32. The van der Waals surface area contributed by atoms with E-state index in [-0.39, 0.29) is 29.8 Å². The van der Waals surface area contributed by atoms with E-state index in [1.54, 1.807) is 30.9 Å². The maximum Gasteiger partial charge on any atom is 0.191 e. The summed E-state index contributed by atoms with van der Waals surface area (Å²) in [4.78, 5) is 13.0. The molecule has 0 bridgehead atoms. The van der Waals surface area contributed by atoms with Crippen molar-refractivity contribution in [2.75, 3.05) is 13.1 Å². The second-order valence-electron chi connectivity index (χ2n) is 5.99. The highest BCUT2D eigenvalue weighted by Crippen LogP contribution is 2.08. The molecule has 0 aliphatic heterocycles. The molecule has 28 heavy (non-hydrogen) atoms. The topological polar surface area (TPSA) is 67.1 Å². The molecule has 2 aromatic heterocycles. The summed E-state index contributed by atoms with van der Waals surface area (Å²) >= 11 is 0. The number of pyridine rings is 1. The quantitative estimate of drug-likeness (QED) is 0.301. The fraction of sp³-hybridized carbons (Fsp3) is 0.250. The van der Waals surface area contributed by atoms with Crippen molar-refractivity contribution in [1.82, 2.24) is 25.2 Å². The Hall–Kier alpha value is -2.49. The van der Waals surface area contributed by atoms with Crippen LogP contribution >= 0.6 is 24.0 Å². The van der Waals surface area contributed by atoms with E-state index >= 15 is 0 Å². The fourth-order valence-electron chi connectivity index (χ4n) is 2.58. The van der Waals surface area contributed by atoms with Crippen LogP contribution in [0.5, 0.6) is 0 Å². The molecule has 3 rings (SSSR count). The van der Waals surface area contributed by atoms with Gasteiger partial charge in [-0.1, -0.05) is 12.1 Å². The first-order valence-electron chi connectivity index (χ1n) is 8.94. The maximum absolute atomic E-state index is 13.0. The molecule has 0 atom stereocenters. The highest BCUT2D eigenvalue weighted by atomic mass is 127. The first-order chi connectivity index (χ1) is 13.2. The Morgan fingerprint density at radius 3 is 2.64 bits per heavy atom. The number of guanidine groups is 1. The lowest BCUT2D eigenvalue weighted by Gasteiger charge is -2.11. The molecular weight excluding hydrogens is 470 g/mol. The number of imidazole rings is 1. The minimum atomic E-state index is -0.214. The Kier molecular flexibility index (Phi) is 8.86. The van der Waals surface area contributed by atoms with E-state index in [1.807, 2.05) is 29.8 Å². The molecular formula is C20H24FIN6. The first kappa shape index (κ1) is 21.8. The highest BCUT2D eigenvalue weighted by molar-refractivity contribution is 14.0. The van der Waals surface area contributed by atoms with Crippen molar-refractivity contribution in [3.8, 4) is 5.82 Å². The predicted molar refractivity (Wildman–Crippen MR) is 120 cm³/mol. The molecule has 0 aliphatic rings. The van der Waals surface area contributed by atoms with Crippen LogP contribution in [-0.4, -0.2) is 33.6 Å². The van der Waals surface area contributed by atoms with Gasteiger partial charge < -0.3 is 10.6 Å². The van der Waals surface area contributed by atoms with Crippen LogP contribution in [0.25, 0.3) is 5.82 Å². The van der Waals surface area contributed by atoms with Gasteiger partial charge in [-0.15, -0.1) is 24.0 Å². The number of aliphatic imine (C=N–C) groups is 1. The average Bonchev–Trinajstić information content (AvgIpc) is 3.23. The van der Waals surface area contributed by atoms with Gasteiger partial charge in [0.1, 0.15) is 18.0 Å². The zero-order valence-electron chi connectivity index (χ0n) is 15.7. The number of aromatic nitrogens is 3. The summed E-state index contributed by atoms with van der Waals surface area (Å²) in [5.41, 5.74) is 2.14. The third-order valence-electron chi connectivity index (χ3n) is 3.96. The van der Waals surface area contributed by atoms with E-state index in [0.717, 1.165) is 35.9 Å². The third-order valence-corrected chi connectivity index (χ3v) is 3.96. The smallest absolute Gasteiger partial charge is 0.191 e. The van der Waals surface area contributed by atoms with Crippen LogP contribution in [0.1, 0.15) is 18.1 Å². The molecule has 0 amide bonds. The molecule has 148 valence electrons. The maximum atomic E-state index is 13.0. The molecule has 0 saturated heterocycles. The van der Waals surface area contributed by atoms with Gasteiger partial charge in [-0.3, -0.25) is 4.57 Å². The van der Waals surface area contributed by atoms with Crippen molar-refractivity contribution in [3.05, 3.63) is 78.3 Å². The lowest BCUT2D eigenvalue weighted by atomic mass is 10.1. The minimum Gasteiger partial charge on any atom is -0.357 e. The van der Waals surface area contributed by atoms with Crippen molar-refractivity contribution >= 4 is 29.9 Å². The number of nitrogens with one attached hydrogen (secondary N) is 2. The van der Waals surface area contributed by atoms with Gasteiger partial charge in [-0.05, 0) is 48.7 Å². The summed E-state index contributed by atoms with van der Waals surface area (Å²) in [5, 5.41) is 6.55. The van der Waals surface area contributed by atoms with Gasteiger partial charge >= 0.3 is 0 Å². The molecule has 8 heteroatoms. The molecule has 0 saturated carbocycles. The first-order valence-corrected chi connectivity index (χ1v) is 8.94. The van der Waals surface area contributed by atoms with Crippen LogP contribution in [-0.2, 0) is 13.0 Å². The number of hydrogen-bond acceptors (Lipinski definition) is 3. The number of hydrogen-bond donors (Lipinski definition) is 2. The lowest BCUT2D eigenvalue weighted by Crippen LogP contribution is -2.38. The summed E-state index contributed by atoms with van der Waals surface area (Å²) in [6, 6.07) is 10.5. The van der Waals surface area contributed by atoms with E-state index in [0.29, 0.717) is 13.1 Å². The number of nitrogens with zero attached hydrogens (tertiary/aromatic N) is 4. The van der Waals surface area contributed by atoms with Crippen molar-refractivity contribution in [2.45, 2.75) is 19.9 Å². The van der Waals surface area contributed by atoms with E-state index in [9.17, 15) is 4.39 Å².